The first-order chi connectivity index (χ1) is 6.74. The Morgan fingerprint density at radius 1 is 1.71 bits per heavy atom. The standard InChI is InChI=1S/C9H14N4O/c1-2-8(10)9(14)12-5-7-3-4-11-6-13-7/h3-4,6,8H,2,5,10H2,1H3,(H,12,14)/t8-/m1/s1. The van der Waals surface area contributed by atoms with Gasteiger partial charge in [0.25, 0.3) is 0 Å². The Hall–Kier alpha value is -1.49. The second kappa shape index (κ2) is 5.29. The monoisotopic (exact) mass is 194 g/mol. The summed E-state index contributed by atoms with van der Waals surface area (Å²) in [6.07, 6.45) is 3.71. The van der Waals surface area contributed by atoms with Gasteiger partial charge in [-0.3, -0.25) is 4.79 Å². The van der Waals surface area contributed by atoms with Crippen LogP contribution in [0, 0.1) is 0 Å². The Balaban J connectivity index is 2.38. The molecule has 0 aromatic carbocycles. The third-order valence-corrected chi connectivity index (χ3v) is 1.86. The number of nitrogens with two attached hydrogens (primary N) is 1. The summed E-state index contributed by atoms with van der Waals surface area (Å²) in [6, 6.07) is 1.31. The van der Waals surface area contributed by atoms with Crippen LogP contribution < -0.4 is 11.1 Å². The first-order valence-electron chi connectivity index (χ1n) is 4.52. The highest BCUT2D eigenvalue weighted by Gasteiger charge is 2.09. The van der Waals surface area contributed by atoms with Crippen LogP contribution in [0.2, 0.25) is 0 Å². The average molecular weight is 194 g/mol. The van der Waals surface area contributed by atoms with E-state index in [4.69, 9.17) is 5.73 Å². The van der Waals surface area contributed by atoms with Crippen LogP contribution in [-0.2, 0) is 11.3 Å². The quantitative estimate of drug-likeness (QED) is 0.697. The number of nitrogens with zero attached hydrogens (tertiary/aromatic N) is 2. The molecule has 0 radical (unpaired) electrons. The molecule has 0 aliphatic heterocycles. The lowest BCUT2D eigenvalue weighted by atomic mass is 10.2. The molecule has 0 bridgehead atoms. The fourth-order valence-corrected chi connectivity index (χ4v) is 0.917. The molecule has 0 aliphatic rings. The van der Waals surface area contributed by atoms with Crippen LogP contribution in [0.1, 0.15) is 19.0 Å². The van der Waals surface area contributed by atoms with Gasteiger partial charge in [-0.2, -0.15) is 0 Å². The highest BCUT2D eigenvalue weighted by atomic mass is 16.2. The van der Waals surface area contributed by atoms with Crippen molar-refractivity contribution in [3.05, 3.63) is 24.3 Å². The van der Waals surface area contributed by atoms with Crippen LogP contribution in [-0.4, -0.2) is 21.9 Å². The molecule has 0 unspecified atom stereocenters. The number of rotatable bonds is 4. The molecule has 76 valence electrons. The van der Waals surface area contributed by atoms with Gasteiger partial charge in [-0.15, -0.1) is 0 Å². The zero-order valence-corrected chi connectivity index (χ0v) is 8.10. The zero-order valence-electron chi connectivity index (χ0n) is 8.10. The molecule has 0 fully saturated rings. The molecule has 3 N–H and O–H groups in total. The summed E-state index contributed by atoms with van der Waals surface area (Å²) in [5.74, 6) is -0.147. The van der Waals surface area contributed by atoms with E-state index < -0.39 is 6.04 Å². The van der Waals surface area contributed by atoms with Crippen molar-refractivity contribution in [1.29, 1.82) is 0 Å². The van der Waals surface area contributed by atoms with E-state index in [1.807, 2.05) is 6.92 Å². The van der Waals surface area contributed by atoms with Crippen molar-refractivity contribution in [3.8, 4) is 0 Å². The summed E-state index contributed by atoms with van der Waals surface area (Å²) in [5.41, 5.74) is 6.31. The molecule has 0 aliphatic carbocycles. The number of aromatic nitrogens is 2. The largest absolute Gasteiger partial charge is 0.349 e. The highest BCUT2D eigenvalue weighted by molar-refractivity contribution is 5.81. The van der Waals surface area contributed by atoms with Crippen molar-refractivity contribution in [2.24, 2.45) is 5.73 Å². The average Bonchev–Trinajstić information content (AvgIpc) is 2.26. The van der Waals surface area contributed by atoms with E-state index in [9.17, 15) is 4.79 Å². The van der Waals surface area contributed by atoms with E-state index in [0.717, 1.165) is 5.69 Å². The molecule has 0 saturated carbocycles. The van der Waals surface area contributed by atoms with Gasteiger partial charge in [0.2, 0.25) is 5.91 Å². The lowest BCUT2D eigenvalue weighted by Gasteiger charge is -2.08. The van der Waals surface area contributed by atoms with E-state index in [1.54, 1.807) is 12.3 Å². The molecular formula is C9H14N4O. The van der Waals surface area contributed by atoms with Gasteiger partial charge in [0, 0.05) is 6.20 Å². The first kappa shape index (κ1) is 10.6. The van der Waals surface area contributed by atoms with E-state index in [-0.39, 0.29) is 5.91 Å². The Bertz CT molecular complexity index is 288. The number of carbonyl (C=O) groups excluding carboxylic acids is 1. The van der Waals surface area contributed by atoms with Crippen molar-refractivity contribution in [3.63, 3.8) is 0 Å². The fraction of sp³-hybridized carbons (Fsp3) is 0.444. The van der Waals surface area contributed by atoms with Gasteiger partial charge in [-0.05, 0) is 12.5 Å². The van der Waals surface area contributed by atoms with Crippen LogP contribution >= 0.6 is 0 Å². The summed E-state index contributed by atoms with van der Waals surface area (Å²) in [7, 11) is 0. The number of hydrogen-bond donors (Lipinski definition) is 2. The molecule has 0 spiro atoms. The van der Waals surface area contributed by atoms with Crippen molar-refractivity contribution < 1.29 is 4.79 Å². The number of nitrogens with one attached hydrogen (secondary N) is 1. The van der Waals surface area contributed by atoms with Gasteiger partial charge >= 0.3 is 0 Å². The molecule has 1 aromatic heterocycles. The predicted octanol–water partition coefficient (Wildman–Crippen LogP) is -0.170. The Labute approximate surface area is 82.7 Å². The summed E-state index contributed by atoms with van der Waals surface area (Å²) < 4.78 is 0. The maximum Gasteiger partial charge on any atom is 0.237 e. The minimum absolute atomic E-state index is 0.147. The third-order valence-electron chi connectivity index (χ3n) is 1.86. The molecule has 5 nitrogen and oxygen atoms in total. The second-order valence-electron chi connectivity index (χ2n) is 2.93. The van der Waals surface area contributed by atoms with Gasteiger partial charge in [-0.25, -0.2) is 9.97 Å². The summed E-state index contributed by atoms with van der Waals surface area (Å²) in [4.78, 5) is 19.0. The van der Waals surface area contributed by atoms with Crippen molar-refractivity contribution in [1.82, 2.24) is 15.3 Å². The second-order valence-corrected chi connectivity index (χ2v) is 2.93. The van der Waals surface area contributed by atoms with Crippen LogP contribution in [0.3, 0.4) is 0 Å². The van der Waals surface area contributed by atoms with Gasteiger partial charge in [0.15, 0.2) is 0 Å². The molecule has 1 rings (SSSR count). The number of carbonyl (C=O) groups is 1. The first-order valence-corrected chi connectivity index (χ1v) is 4.52. The van der Waals surface area contributed by atoms with Gasteiger partial charge in [0.1, 0.15) is 6.33 Å². The Morgan fingerprint density at radius 3 is 3.07 bits per heavy atom. The fourth-order valence-electron chi connectivity index (χ4n) is 0.917. The van der Waals surface area contributed by atoms with Crippen molar-refractivity contribution in [2.45, 2.75) is 25.9 Å². The Morgan fingerprint density at radius 2 is 2.50 bits per heavy atom. The van der Waals surface area contributed by atoms with Crippen LogP contribution in [0.5, 0.6) is 0 Å². The molecule has 1 atom stereocenters. The van der Waals surface area contributed by atoms with E-state index in [0.29, 0.717) is 13.0 Å². The van der Waals surface area contributed by atoms with E-state index in [1.165, 1.54) is 6.33 Å². The molecule has 5 heteroatoms. The van der Waals surface area contributed by atoms with Crippen molar-refractivity contribution in [2.75, 3.05) is 0 Å². The van der Waals surface area contributed by atoms with Gasteiger partial charge in [0.05, 0.1) is 18.3 Å². The van der Waals surface area contributed by atoms with Crippen LogP contribution in [0.4, 0.5) is 0 Å². The minimum Gasteiger partial charge on any atom is -0.349 e. The summed E-state index contributed by atoms with van der Waals surface area (Å²) in [6.45, 7) is 2.27. The lowest BCUT2D eigenvalue weighted by Crippen LogP contribution is -2.39. The predicted molar refractivity (Wildman–Crippen MR) is 52.1 cm³/mol. The molecule has 1 heterocycles. The smallest absolute Gasteiger partial charge is 0.237 e. The van der Waals surface area contributed by atoms with Crippen molar-refractivity contribution >= 4 is 5.91 Å². The van der Waals surface area contributed by atoms with Gasteiger partial charge in [-0.1, -0.05) is 6.92 Å². The molecule has 0 saturated heterocycles. The number of amides is 1. The maximum atomic E-state index is 11.3. The summed E-state index contributed by atoms with van der Waals surface area (Å²) in [5, 5.41) is 2.70. The molecule has 14 heavy (non-hydrogen) atoms. The lowest BCUT2D eigenvalue weighted by molar-refractivity contribution is -0.122. The normalized spacial score (nSPS) is 12.1. The molecular weight excluding hydrogens is 180 g/mol. The number of hydrogen-bond acceptors (Lipinski definition) is 4. The summed E-state index contributed by atoms with van der Waals surface area (Å²) >= 11 is 0. The zero-order chi connectivity index (χ0) is 10.4. The van der Waals surface area contributed by atoms with E-state index in [2.05, 4.69) is 15.3 Å². The highest BCUT2D eigenvalue weighted by Crippen LogP contribution is 1.91. The topological polar surface area (TPSA) is 80.9 Å². The maximum absolute atomic E-state index is 11.3. The van der Waals surface area contributed by atoms with Crippen LogP contribution in [0.15, 0.2) is 18.6 Å². The minimum atomic E-state index is -0.433. The van der Waals surface area contributed by atoms with E-state index >= 15 is 0 Å². The SMILES string of the molecule is CC[C@@H](N)C(=O)NCc1ccncn1. The molecule has 1 amide bonds. The Kier molecular flexibility index (Phi) is 4.00. The molecule has 1 aromatic rings. The third kappa shape index (κ3) is 3.10. The van der Waals surface area contributed by atoms with Crippen LogP contribution in [0.25, 0.3) is 0 Å². The van der Waals surface area contributed by atoms with Gasteiger partial charge < -0.3 is 11.1 Å².